The summed E-state index contributed by atoms with van der Waals surface area (Å²) in [5.74, 6) is 0.671. The van der Waals surface area contributed by atoms with Crippen molar-refractivity contribution in [3.8, 4) is 0 Å². The molecule has 0 radical (unpaired) electrons. The molecule has 4 atom stereocenters. The minimum atomic E-state index is -1.06. The van der Waals surface area contributed by atoms with E-state index in [0.29, 0.717) is 43.0 Å². The first kappa shape index (κ1) is 62.7. The van der Waals surface area contributed by atoms with E-state index in [1.807, 2.05) is 55.4 Å². The second kappa shape index (κ2) is 32.4. The van der Waals surface area contributed by atoms with Crippen molar-refractivity contribution < 1.29 is 52.8 Å². The number of hydrogen-bond donors (Lipinski definition) is 1. The Kier molecular flexibility index (Phi) is 31.2. The number of carbonyl (C=O) groups is 5. The highest BCUT2D eigenvalue weighted by atomic mass is 32.2. The van der Waals surface area contributed by atoms with E-state index in [1.165, 1.54) is 82.4 Å². The molecule has 0 spiro atoms. The molecular weight excluding hydrogens is 845 g/mol. The van der Waals surface area contributed by atoms with Crippen molar-refractivity contribution in [1.82, 2.24) is 0 Å². The van der Waals surface area contributed by atoms with Crippen LogP contribution in [0.25, 0.3) is 0 Å². The summed E-state index contributed by atoms with van der Waals surface area (Å²) in [7, 11) is 0. The lowest BCUT2D eigenvalue weighted by Crippen LogP contribution is -2.38. The number of ether oxygens (including phenoxy) is 5. The lowest BCUT2D eigenvalue weighted by molar-refractivity contribution is -0.160. The van der Waals surface area contributed by atoms with Gasteiger partial charge < -0.3 is 28.8 Å². The quantitative estimate of drug-likeness (QED) is 0.0400. The summed E-state index contributed by atoms with van der Waals surface area (Å²) in [5.41, 5.74) is -0.998. The zero-order chi connectivity index (χ0) is 49.7. The fourth-order valence-corrected chi connectivity index (χ4v) is 8.78. The summed E-state index contributed by atoms with van der Waals surface area (Å²) in [6.07, 6.45) is 20.7. The van der Waals surface area contributed by atoms with Crippen LogP contribution in [0.15, 0.2) is 0 Å². The maximum absolute atomic E-state index is 12.0. The average molecular weight is 943 g/mol. The third-order valence-electron chi connectivity index (χ3n) is 14.1. The first-order valence-electron chi connectivity index (χ1n) is 25.5. The van der Waals surface area contributed by atoms with Crippen molar-refractivity contribution >= 4 is 41.6 Å². The van der Waals surface area contributed by atoms with E-state index in [-0.39, 0.29) is 54.5 Å². The van der Waals surface area contributed by atoms with Crippen LogP contribution in [0, 0.1) is 33.0 Å². The van der Waals surface area contributed by atoms with E-state index in [4.69, 9.17) is 23.7 Å². The summed E-state index contributed by atoms with van der Waals surface area (Å²) in [6, 6.07) is 0. The molecule has 382 valence electrons. The SMILES string of the molecule is CCCC(=O)OC1CC2CCC1(C)C2(C)C.CCCCCCCCCCCCOC(=O)C(C)(C)CC.CCCCOC(=O)C(C)(C)CSCCC(=O)OCC(O)COC(=O)C(C)(C)CC. The Morgan fingerprint density at radius 2 is 1.08 bits per heavy atom. The maximum atomic E-state index is 12.0. The molecular formula is C53H98O11S. The lowest BCUT2D eigenvalue weighted by atomic mass is 9.70. The van der Waals surface area contributed by atoms with Crippen molar-refractivity contribution in [3.05, 3.63) is 0 Å². The number of fused-ring (bicyclic) bond motifs is 2. The molecule has 11 nitrogen and oxygen atoms in total. The van der Waals surface area contributed by atoms with Gasteiger partial charge in [-0.1, -0.05) is 120 Å². The number of rotatable bonds is 31. The molecule has 12 heteroatoms. The highest BCUT2D eigenvalue weighted by Gasteiger charge is 2.62. The molecule has 0 aromatic carbocycles. The zero-order valence-corrected chi connectivity index (χ0v) is 44.9. The van der Waals surface area contributed by atoms with Gasteiger partial charge in [0, 0.05) is 23.3 Å². The van der Waals surface area contributed by atoms with Gasteiger partial charge in [-0.05, 0) is 104 Å². The summed E-state index contributed by atoms with van der Waals surface area (Å²) >= 11 is 1.48. The number of esters is 5. The largest absolute Gasteiger partial charge is 0.465 e. The van der Waals surface area contributed by atoms with Crippen molar-refractivity contribution in [3.63, 3.8) is 0 Å². The van der Waals surface area contributed by atoms with E-state index in [0.717, 1.165) is 44.4 Å². The minimum Gasteiger partial charge on any atom is -0.465 e. The smallest absolute Gasteiger partial charge is 0.312 e. The fourth-order valence-electron chi connectivity index (χ4n) is 7.69. The Morgan fingerprint density at radius 1 is 0.600 bits per heavy atom. The van der Waals surface area contributed by atoms with E-state index in [1.54, 1.807) is 13.8 Å². The van der Waals surface area contributed by atoms with E-state index in [9.17, 15) is 29.1 Å². The van der Waals surface area contributed by atoms with Crippen LogP contribution in [-0.4, -0.2) is 85.1 Å². The lowest BCUT2D eigenvalue weighted by Gasteiger charge is -2.38. The number of aliphatic hydroxyl groups excluding tert-OH is 1. The summed E-state index contributed by atoms with van der Waals surface area (Å²) < 4.78 is 26.3. The first-order valence-corrected chi connectivity index (χ1v) is 26.7. The highest BCUT2D eigenvalue weighted by Crippen LogP contribution is 2.66. The molecule has 4 unspecified atom stereocenters. The van der Waals surface area contributed by atoms with Gasteiger partial charge in [-0.15, -0.1) is 0 Å². The molecule has 0 saturated heterocycles. The number of hydrogen-bond acceptors (Lipinski definition) is 12. The normalized spacial score (nSPS) is 19.2. The Morgan fingerprint density at radius 3 is 1.55 bits per heavy atom. The molecule has 2 fully saturated rings. The Balaban J connectivity index is 0.000000990. The number of unbranched alkanes of at least 4 members (excludes halogenated alkanes) is 10. The summed E-state index contributed by atoms with van der Waals surface area (Å²) in [5, 5.41) is 9.80. The Hall–Kier alpha value is -2.34. The van der Waals surface area contributed by atoms with Crippen LogP contribution in [0.1, 0.15) is 225 Å². The number of carbonyl (C=O) groups excluding carboxylic acids is 5. The molecule has 0 aliphatic heterocycles. The van der Waals surface area contributed by atoms with Crippen LogP contribution in [-0.2, 0) is 47.7 Å². The second-order valence-electron chi connectivity index (χ2n) is 21.2. The van der Waals surface area contributed by atoms with Crippen molar-refractivity contribution in [2.45, 2.75) is 238 Å². The molecule has 65 heavy (non-hydrogen) atoms. The van der Waals surface area contributed by atoms with Gasteiger partial charge in [0.15, 0.2) is 0 Å². The third kappa shape index (κ3) is 24.0. The second-order valence-corrected chi connectivity index (χ2v) is 22.3. The monoisotopic (exact) mass is 943 g/mol. The van der Waals surface area contributed by atoms with Gasteiger partial charge in [0.1, 0.15) is 25.4 Å². The fraction of sp³-hybridized carbons (Fsp3) is 0.906. The highest BCUT2D eigenvalue weighted by molar-refractivity contribution is 7.99. The van der Waals surface area contributed by atoms with Crippen molar-refractivity contribution in [1.29, 1.82) is 0 Å². The summed E-state index contributed by atoms with van der Waals surface area (Å²) in [4.78, 5) is 59.0. The van der Waals surface area contributed by atoms with E-state index < -0.39 is 28.9 Å². The van der Waals surface area contributed by atoms with Gasteiger partial charge in [0.05, 0.1) is 35.9 Å². The molecule has 0 aromatic rings. The van der Waals surface area contributed by atoms with Gasteiger partial charge >= 0.3 is 29.8 Å². The topological polar surface area (TPSA) is 152 Å². The van der Waals surface area contributed by atoms with Crippen LogP contribution in [0.2, 0.25) is 0 Å². The minimum absolute atomic E-state index is 0.00271. The van der Waals surface area contributed by atoms with Crippen LogP contribution >= 0.6 is 11.8 Å². The molecule has 0 aromatic heterocycles. The molecule has 2 aliphatic carbocycles. The van der Waals surface area contributed by atoms with Crippen LogP contribution in [0.4, 0.5) is 0 Å². The number of thioether (sulfide) groups is 1. The number of aliphatic hydroxyl groups is 1. The standard InChI is InChI=1S/C21H38O7S.C18H36O2.C14H24O2/c1-7-9-11-26-19(25)21(5,6)15-29-12-10-17(23)27-13-16(22)14-28-18(24)20(3,4)8-2;1-5-7-8-9-10-11-12-13-14-15-16-20-17(19)18(3,4)6-2;1-5-6-12(15)16-11-9-10-7-8-14(11,4)13(10,2)3/h16,22H,7-15H2,1-6H3;5-16H2,1-4H3;10-11H,5-9H2,1-4H3. The first-order chi connectivity index (χ1) is 30.4. The molecule has 2 rings (SSSR count). The van der Waals surface area contributed by atoms with Crippen molar-refractivity contribution in [2.75, 3.05) is 37.9 Å². The van der Waals surface area contributed by atoms with Crippen LogP contribution in [0.3, 0.4) is 0 Å². The third-order valence-corrected chi connectivity index (χ3v) is 15.5. The van der Waals surface area contributed by atoms with E-state index in [2.05, 4.69) is 27.7 Å². The predicted octanol–water partition coefficient (Wildman–Crippen LogP) is 12.8. The van der Waals surface area contributed by atoms with Gasteiger partial charge in [-0.3, -0.25) is 24.0 Å². The molecule has 2 bridgehead atoms. The summed E-state index contributed by atoms with van der Waals surface area (Å²) in [6.45, 7) is 28.9. The molecule has 0 amide bonds. The van der Waals surface area contributed by atoms with Crippen LogP contribution in [0.5, 0.6) is 0 Å². The van der Waals surface area contributed by atoms with Gasteiger partial charge in [-0.2, -0.15) is 11.8 Å². The van der Waals surface area contributed by atoms with Gasteiger partial charge in [-0.25, -0.2) is 0 Å². The predicted molar refractivity (Wildman–Crippen MR) is 264 cm³/mol. The Bertz CT molecular complexity index is 1360. The van der Waals surface area contributed by atoms with E-state index >= 15 is 0 Å². The average Bonchev–Trinajstić information content (AvgIpc) is 3.59. The van der Waals surface area contributed by atoms with Gasteiger partial charge in [0.25, 0.3) is 0 Å². The molecule has 1 N–H and O–H groups in total. The van der Waals surface area contributed by atoms with Gasteiger partial charge in [0.2, 0.25) is 0 Å². The maximum Gasteiger partial charge on any atom is 0.312 e. The molecule has 0 heterocycles. The molecule has 2 aliphatic rings. The molecule has 2 saturated carbocycles. The van der Waals surface area contributed by atoms with Crippen molar-refractivity contribution in [2.24, 2.45) is 33.0 Å². The van der Waals surface area contributed by atoms with Crippen LogP contribution < -0.4 is 0 Å². The zero-order valence-electron chi connectivity index (χ0n) is 44.1. The Labute approximate surface area is 401 Å².